The summed E-state index contributed by atoms with van der Waals surface area (Å²) in [5, 5.41) is 10.2. The summed E-state index contributed by atoms with van der Waals surface area (Å²) < 4.78 is 0. The molecule has 0 radical (unpaired) electrons. The summed E-state index contributed by atoms with van der Waals surface area (Å²) in [6, 6.07) is 0. The third-order valence-electron chi connectivity index (χ3n) is 10.2. The fraction of sp³-hybridized carbons (Fsp3) is 0.926. The summed E-state index contributed by atoms with van der Waals surface area (Å²) in [4.78, 5) is 0. The van der Waals surface area contributed by atoms with Crippen molar-refractivity contribution in [1.29, 1.82) is 0 Å². The first-order valence-electron chi connectivity index (χ1n) is 12.7. The van der Waals surface area contributed by atoms with E-state index in [1.807, 2.05) is 11.1 Å². The topological polar surface area (TPSA) is 20.2 Å². The van der Waals surface area contributed by atoms with Gasteiger partial charge in [-0.1, -0.05) is 65.0 Å². The Bertz CT molecular complexity index is 603. The van der Waals surface area contributed by atoms with Gasteiger partial charge in [-0.3, -0.25) is 0 Å². The normalized spacial score (nSPS) is 44.2. The highest BCUT2D eigenvalue weighted by molar-refractivity contribution is 5.34. The molecule has 0 saturated heterocycles. The van der Waals surface area contributed by atoms with Crippen molar-refractivity contribution >= 4 is 0 Å². The molecule has 0 bridgehead atoms. The van der Waals surface area contributed by atoms with Gasteiger partial charge in [-0.2, -0.15) is 0 Å². The molecule has 0 aliphatic heterocycles. The molecule has 1 nitrogen and oxygen atoms in total. The minimum absolute atomic E-state index is 0.0244. The molecule has 0 aromatic rings. The highest BCUT2D eigenvalue weighted by Gasteiger charge is 2.55. The number of aliphatic hydroxyl groups is 1. The average Bonchev–Trinajstić information content (AvgIpc) is 2.99. The monoisotopic (exact) mass is 386 g/mol. The van der Waals surface area contributed by atoms with Gasteiger partial charge in [-0.25, -0.2) is 0 Å². The van der Waals surface area contributed by atoms with Crippen LogP contribution in [0.5, 0.6) is 0 Å². The predicted molar refractivity (Wildman–Crippen MR) is 119 cm³/mol. The van der Waals surface area contributed by atoms with Gasteiger partial charge in [-0.05, 0) is 98.2 Å². The molecule has 4 aliphatic carbocycles. The molecule has 0 amide bonds. The number of hydrogen-bond donors (Lipinski definition) is 1. The van der Waals surface area contributed by atoms with Crippen LogP contribution in [0.15, 0.2) is 11.1 Å². The summed E-state index contributed by atoms with van der Waals surface area (Å²) in [5.41, 5.74) is 4.82. The summed E-state index contributed by atoms with van der Waals surface area (Å²) in [5.74, 6) is 4.25. The zero-order valence-corrected chi connectivity index (χ0v) is 19.4. The Morgan fingerprint density at radius 2 is 1.75 bits per heavy atom. The van der Waals surface area contributed by atoms with Crippen LogP contribution in [-0.2, 0) is 0 Å². The molecule has 3 saturated carbocycles. The largest absolute Gasteiger partial charge is 0.393 e. The van der Waals surface area contributed by atoms with E-state index in [2.05, 4.69) is 34.6 Å². The Morgan fingerprint density at radius 3 is 2.50 bits per heavy atom. The van der Waals surface area contributed by atoms with Gasteiger partial charge in [0.2, 0.25) is 0 Å². The summed E-state index contributed by atoms with van der Waals surface area (Å²) >= 11 is 0. The van der Waals surface area contributed by atoms with E-state index in [4.69, 9.17) is 0 Å². The Balaban J connectivity index is 1.53. The molecule has 28 heavy (non-hydrogen) atoms. The zero-order chi connectivity index (χ0) is 20.1. The number of hydrogen-bond acceptors (Lipinski definition) is 1. The van der Waals surface area contributed by atoms with Crippen LogP contribution in [0.2, 0.25) is 0 Å². The third kappa shape index (κ3) is 3.42. The third-order valence-corrected chi connectivity index (χ3v) is 10.2. The lowest BCUT2D eigenvalue weighted by atomic mass is 9.49. The van der Waals surface area contributed by atoms with Gasteiger partial charge < -0.3 is 5.11 Å². The van der Waals surface area contributed by atoms with Crippen LogP contribution in [0.4, 0.5) is 0 Å². The minimum Gasteiger partial charge on any atom is -0.393 e. The highest BCUT2D eigenvalue weighted by atomic mass is 16.3. The lowest BCUT2D eigenvalue weighted by Crippen LogP contribution is -2.48. The quantitative estimate of drug-likeness (QED) is 0.484. The van der Waals surface area contributed by atoms with Crippen molar-refractivity contribution in [3.63, 3.8) is 0 Å². The molecule has 4 rings (SSSR count). The van der Waals surface area contributed by atoms with Gasteiger partial charge in [0, 0.05) is 0 Å². The van der Waals surface area contributed by atoms with Crippen LogP contribution >= 0.6 is 0 Å². The van der Waals surface area contributed by atoms with Gasteiger partial charge in [0.25, 0.3) is 0 Å². The minimum atomic E-state index is -0.0244. The van der Waals surface area contributed by atoms with E-state index >= 15 is 0 Å². The van der Waals surface area contributed by atoms with Gasteiger partial charge >= 0.3 is 0 Å². The Labute approximate surface area is 174 Å². The molecule has 0 unspecified atom stereocenters. The highest BCUT2D eigenvalue weighted by Crippen LogP contribution is 2.65. The average molecular weight is 387 g/mol. The van der Waals surface area contributed by atoms with Crippen molar-refractivity contribution in [2.24, 2.45) is 40.4 Å². The molecule has 3 fully saturated rings. The van der Waals surface area contributed by atoms with Crippen LogP contribution in [0, 0.1) is 40.4 Å². The summed E-state index contributed by atoms with van der Waals surface area (Å²) in [6.45, 7) is 12.6. The molecule has 7 atom stereocenters. The smallest absolute Gasteiger partial charge is 0.0543 e. The van der Waals surface area contributed by atoms with Crippen molar-refractivity contribution in [2.45, 2.75) is 118 Å². The van der Waals surface area contributed by atoms with Gasteiger partial charge in [-0.15, -0.1) is 0 Å². The van der Waals surface area contributed by atoms with Gasteiger partial charge in [0.05, 0.1) is 6.10 Å². The van der Waals surface area contributed by atoms with Crippen LogP contribution in [0.3, 0.4) is 0 Å². The summed E-state index contributed by atoms with van der Waals surface area (Å²) in [7, 11) is 0. The SMILES string of the molecule is CC(C)CCC[C@@H](C)[C@H]1CCC2=C3CC[C@H]4C[C@@H](O)CC[C@]4(C)[C@@H]3CC[C@@]21C. The van der Waals surface area contributed by atoms with Gasteiger partial charge in [0.1, 0.15) is 0 Å². The number of aliphatic hydroxyl groups excluding tert-OH is 1. The lowest BCUT2D eigenvalue weighted by molar-refractivity contribution is -0.0381. The van der Waals surface area contributed by atoms with Crippen molar-refractivity contribution in [2.75, 3.05) is 0 Å². The van der Waals surface area contributed by atoms with Crippen molar-refractivity contribution in [3.8, 4) is 0 Å². The first kappa shape index (κ1) is 21.0. The molecule has 1 heteroatoms. The number of rotatable bonds is 5. The fourth-order valence-corrected chi connectivity index (χ4v) is 8.47. The molecule has 0 aromatic heterocycles. The first-order valence-corrected chi connectivity index (χ1v) is 12.7. The lowest BCUT2D eigenvalue weighted by Gasteiger charge is -2.56. The van der Waals surface area contributed by atoms with E-state index in [9.17, 15) is 5.11 Å². The van der Waals surface area contributed by atoms with Crippen LogP contribution in [0.25, 0.3) is 0 Å². The van der Waals surface area contributed by atoms with Crippen LogP contribution in [0.1, 0.15) is 112 Å². The molecule has 0 heterocycles. The molecule has 4 aliphatic rings. The Hall–Kier alpha value is -0.300. The molecule has 160 valence electrons. The second-order valence-electron chi connectivity index (χ2n) is 12.1. The standard InChI is InChI=1S/C27H46O/c1-18(2)7-6-8-19(3)23-11-12-24-22-10-9-20-17-21(28)13-15-26(20,4)25(22)14-16-27(23,24)5/h18-21,23,25,28H,6-17H2,1-5H3/t19-,20+,21+,23-,25-,26+,27-/m1/s1. The van der Waals surface area contributed by atoms with Crippen molar-refractivity contribution < 1.29 is 5.11 Å². The molecule has 0 spiro atoms. The predicted octanol–water partition coefficient (Wildman–Crippen LogP) is 7.53. The molecular formula is C27H46O. The Morgan fingerprint density at radius 1 is 0.964 bits per heavy atom. The van der Waals surface area contributed by atoms with E-state index < -0.39 is 0 Å². The number of allylic oxidation sites excluding steroid dienone is 2. The van der Waals surface area contributed by atoms with Crippen LogP contribution in [-0.4, -0.2) is 11.2 Å². The zero-order valence-electron chi connectivity index (χ0n) is 19.4. The fourth-order valence-electron chi connectivity index (χ4n) is 8.47. The van der Waals surface area contributed by atoms with Crippen molar-refractivity contribution in [1.82, 2.24) is 0 Å². The van der Waals surface area contributed by atoms with E-state index in [0.29, 0.717) is 10.8 Å². The molecule has 0 aromatic carbocycles. The maximum absolute atomic E-state index is 10.2. The molecule has 1 N–H and O–H groups in total. The van der Waals surface area contributed by atoms with Gasteiger partial charge in [0.15, 0.2) is 0 Å². The van der Waals surface area contributed by atoms with E-state index in [1.54, 1.807) is 0 Å². The summed E-state index contributed by atoms with van der Waals surface area (Å²) in [6.07, 6.45) is 16.0. The van der Waals surface area contributed by atoms with E-state index in [0.717, 1.165) is 42.4 Å². The number of fused-ring (bicyclic) bond motifs is 4. The maximum atomic E-state index is 10.2. The van der Waals surface area contributed by atoms with E-state index in [-0.39, 0.29) is 6.10 Å². The van der Waals surface area contributed by atoms with Crippen molar-refractivity contribution in [3.05, 3.63) is 11.1 Å². The molecular weight excluding hydrogens is 340 g/mol. The van der Waals surface area contributed by atoms with Crippen LogP contribution < -0.4 is 0 Å². The maximum Gasteiger partial charge on any atom is 0.0543 e. The first-order chi connectivity index (χ1) is 13.3. The Kier molecular flexibility index (Phi) is 5.80. The second-order valence-corrected chi connectivity index (χ2v) is 12.1. The second kappa shape index (κ2) is 7.75. The van der Waals surface area contributed by atoms with E-state index in [1.165, 1.54) is 64.2 Å².